The highest BCUT2D eigenvalue weighted by atomic mass is 127. The van der Waals surface area contributed by atoms with E-state index < -0.39 is 5.97 Å². The Morgan fingerprint density at radius 1 is 1.32 bits per heavy atom. The van der Waals surface area contributed by atoms with E-state index in [1.165, 1.54) is 22.7 Å². The first-order valence-corrected chi connectivity index (χ1v) is 6.50. The molecule has 1 aromatic carbocycles. The van der Waals surface area contributed by atoms with Crippen molar-refractivity contribution in [1.82, 2.24) is 9.38 Å². The third-order valence-corrected chi connectivity index (χ3v) is 3.50. The van der Waals surface area contributed by atoms with Gasteiger partial charge in [-0.3, -0.25) is 9.20 Å². The van der Waals surface area contributed by atoms with Gasteiger partial charge in [0.25, 0.3) is 5.56 Å². The number of carboxylic acids is 1. The van der Waals surface area contributed by atoms with Crippen LogP contribution in [0.15, 0.2) is 41.3 Å². The van der Waals surface area contributed by atoms with Crippen LogP contribution in [0.4, 0.5) is 0 Å². The number of halogens is 1. The molecule has 6 heteroatoms. The van der Waals surface area contributed by atoms with E-state index in [1.54, 1.807) is 12.1 Å². The molecule has 0 atom stereocenters. The molecule has 0 aliphatic heterocycles. The zero-order valence-electron chi connectivity index (χ0n) is 9.50. The molecule has 3 aromatic rings. The summed E-state index contributed by atoms with van der Waals surface area (Å²) < 4.78 is 2.19. The van der Waals surface area contributed by atoms with Gasteiger partial charge in [-0.1, -0.05) is 0 Å². The van der Waals surface area contributed by atoms with Crippen LogP contribution in [-0.2, 0) is 0 Å². The summed E-state index contributed by atoms with van der Waals surface area (Å²) >= 11 is 2.12. The van der Waals surface area contributed by atoms with Crippen LogP contribution in [0, 0.1) is 3.57 Å². The van der Waals surface area contributed by atoms with Crippen molar-refractivity contribution in [3.8, 4) is 0 Å². The van der Waals surface area contributed by atoms with E-state index in [9.17, 15) is 9.59 Å². The summed E-state index contributed by atoms with van der Waals surface area (Å²) in [5.74, 6) is -1.10. The minimum atomic E-state index is -1.10. The predicted octanol–water partition coefficient (Wildman–Crippen LogP) is 2.15. The van der Waals surface area contributed by atoms with Crippen LogP contribution in [0.1, 0.15) is 10.4 Å². The molecule has 19 heavy (non-hydrogen) atoms. The quantitative estimate of drug-likeness (QED) is 0.529. The standard InChI is InChI=1S/C13H7IN2O3/c14-7-3-4-10-9(6-7)12(17)16-5-1-2-8(13(18)19)11(16)15-10/h1-6H,(H,18,19). The molecule has 0 spiro atoms. The van der Waals surface area contributed by atoms with Crippen LogP contribution in [0.2, 0.25) is 0 Å². The molecule has 0 bridgehead atoms. The van der Waals surface area contributed by atoms with E-state index in [0.29, 0.717) is 10.9 Å². The first kappa shape index (κ1) is 12.1. The van der Waals surface area contributed by atoms with Crippen LogP contribution in [-0.4, -0.2) is 20.5 Å². The third kappa shape index (κ3) is 1.88. The predicted molar refractivity (Wildman–Crippen MR) is 78.6 cm³/mol. The van der Waals surface area contributed by atoms with E-state index in [2.05, 4.69) is 27.6 Å². The monoisotopic (exact) mass is 366 g/mol. The molecule has 2 heterocycles. The van der Waals surface area contributed by atoms with Crippen molar-refractivity contribution in [1.29, 1.82) is 0 Å². The SMILES string of the molecule is O=C(O)c1cccn2c(=O)c3cc(I)ccc3nc12. The molecule has 0 saturated heterocycles. The fourth-order valence-corrected chi connectivity index (χ4v) is 2.46. The molecular weight excluding hydrogens is 359 g/mol. The molecule has 0 aliphatic rings. The highest BCUT2D eigenvalue weighted by molar-refractivity contribution is 14.1. The van der Waals surface area contributed by atoms with Crippen molar-refractivity contribution in [2.45, 2.75) is 0 Å². The van der Waals surface area contributed by atoms with Gasteiger partial charge in [-0.2, -0.15) is 0 Å². The molecule has 0 unspecified atom stereocenters. The number of benzene rings is 1. The number of rotatable bonds is 1. The zero-order valence-corrected chi connectivity index (χ0v) is 11.7. The lowest BCUT2D eigenvalue weighted by Crippen LogP contribution is -2.17. The second-order valence-corrected chi connectivity index (χ2v) is 5.24. The average Bonchev–Trinajstić information content (AvgIpc) is 2.39. The minimum absolute atomic E-state index is 0.0139. The Balaban J connectivity index is 2.57. The Kier molecular flexibility index (Phi) is 2.74. The molecule has 1 N–H and O–H groups in total. The summed E-state index contributed by atoms with van der Waals surface area (Å²) in [4.78, 5) is 27.8. The van der Waals surface area contributed by atoms with Crippen LogP contribution in [0.25, 0.3) is 16.6 Å². The van der Waals surface area contributed by atoms with Gasteiger partial charge in [0.05, 0.1) is 10.9 Å². The van der Waals surface area contributed by atoms with Gasteiger partial charge in [-0.25, -0.2) is 9.78 Å². The second kappa shape index (κ2) is 4.30. The van der Waals surface area contributed by atoms with Crippen molar-refractivity contribution in [2.75, 3.05) is 0 Å². The zero-order chi connectivity index (χ0) is 13.6. The van der Waals surface area contributed by atoms with E-state index in [-0.39, 0.29) is 16.8 Å². The minimum Gasteiger partial charge on any atom is -0.478 e. The number of aromatic carboxylic acids is 1. The number of hydrogen-bond donors (Lipinski definition) is 1. The average molecular weight is 366 g/mol. The Labute approximate surface area is 120 Å². The van der Waals surface area contributed by atoms with Gasteiger partial charge in [-0.05, 0) is 52.9 Å². The molecule has 0 saturated carbocycles. The van der Waals surface area contributed by atoms with Gasteiger partial charge in [0.2, 0.25) is 0 Å². The molecule has 2 aromatic heterocycles. The normalized spacial score (nSPS) is 11.0. The number of carboxylic acid groups (broad SMARTS) is 1. The topological polar surface area (TPSA) is 71.7 Å². The number of fused-ring (bicyclic) bond motifs is 2. The lowest BCUT2D eigenvalue weighted by Gasteiger charge is -2.05. The molecule has 5 nitrogen and oxygen atoms in total. The van der Waals surface area contributed by atoms with E-state index >= 15 is 0 Å². The Morgan fingerprint density at radius 2 is 2.11 bits per heavy atom. The van der Waals surface area contributed by atoms with E-state index in [4.69, 9.17) is 5.11 Å². The van der Waals surface area contributed by atoms with Crippen molar-refractivity contribution >= 4 is 45.1 Å². The highest BCUT2D eigenvalue weighted by Gasteiger charge is 2.13. The van der Waals surface area contributed by atoms with Crippen LogP contribution < -0.4 is 5.56 Å². The first-order valence-electron chi connectivity index (χ1n) is 5.42. The Bertz CT molecular complexity index is 886. The van der Waals surface area contributed by atoms with Gasteiger partial charge in [-0.15, -0.1) is 0 Å². The van der Waals surface area contributed by atoms with Crippen LogP contribution in [0.5, 0.6) is 0 Å². The maximum atomic E-state index is 12.3. The smallest absolute Gasteiger partial charge is 0.339 e. The van der Waals surface area contributed by atoms with E-state index in [1.807, 2.05) is 6.07 Å². The van der Waals surface area contributed by atoms with Crippen LogP contribution >= 0.6 is 22.6 Å². The molecule has 3 rings (SSSR count). The molecule has 0 aliphatic carbocycles. The van der Waals surface area contributed by atoms with Crippen LogP contribution in [0.3, 0.4) is 0 Å². The van der Waals surface area contributed by atoms with Crippen molar-refractivity contribution < 1.29 is 9.90 Å². The molecule has 0 amide bonds. The van der Waals surface area contributed by atoms with Gasteiger partial charge in [0.1, 0.15) is 5.56 Å². The fourth-order valence-electron chi connectivity index (χ4n) is 1.97. The molecular formula is C13H7IN2O3. The lowest BCUT2D eigenvalue weighted by atomic mass is 10.2. The third-order valence-electron chi connectivity index (χ3n) is 2.83. The van der Waals surface area contributed by atoms with Crippen molar-refractivity contribution in [3.63, 3.8) is 0 Å². The molecule has 0 radical (unpaired) electrons. The number of pyridine rings is 1. The summed E-state index contributed by atoms with van der Waals surface area (Å²) in [5.41, 5.74) is 0.412. The lowest BCUT2D eigenvalue weighted by molar-refractivity contribution is 0.0698. The Morgan fingerprint density at radius 3 is 2.84 bits per heavy atom. The largest absolute Gasteiger partial charge is 0.478 e. The van der Waals surface area contributed by atoms with Crippen molar-refractivity contribution in [2.24, 2.45) is 0 Å². The number of aromatic nitrogens is 2. The van der Waals surface area contributed by atoms with Gasteiger partial charge >= 0.3 is 5.97 Å². The number of hydrogen-bond acceptors (Lipinski definition) is 3. The van der Waals surface area contributed by atoms with Gasteiger partial charge in [0, 0.05) is 9.77 Å². The fraction of sp³-hybridized carbons (Fsp3) is 0. The maximum Gasteiger partial charge on any atom is 0.339 e. The van der Waals surface area contributed by atoms with Gasteiger partial charge in [0.15, 0.2) is 5.65 Å². The Hall–Kier alpha value is -1.96. The highest BCUT2D eigenvalue weighted by Crippen LogP contribution is 2.15. The summed E-state index contributed by atoms with van der Waals surface area (Å²) in [7, 11) is 0. The maximum absolute atomic E-state index is 12.3. The summed E-state index contributed by atoms with van der Waals surface area (Å²) in [5, 5.41) is 9.61. The summed E-state index contributed by atoms with van der Waals surface area (Å²) in [6, 6.07) is 8.25. The summed E-state index contributed by atoms with van der Waals surface area (Å²) in [6.45, 7) is 0. The number of carbonyl (C=O) groups is 1. The summed E-state index contributed by atoms with van der Waals surface area (Å²) in [6.07, 6.45) is 1.52. The second-order valence-electron chi connectivity index (χ2n) is 4.00. The number of nitrogens with zero attached hydrogens (tertiary/aromatic N) is 2. The molecule has 94 valence electrons. The van der Waals surface area contributed by atoms with Crippen molar-refractivity contribution in [3.05, 3.63) is 56.0 Å². The van der Waals surface area contributed by atoms with Gasteiger partial charge < -0.3 is 5.11 Å². The van der Waals surface area contributed by atoms with E-state index in [0.717, 1.165) is 3.57 Å². The first-order chi connectivity index (χ1) is 9.08. The molecule has 0 fully saturated rings.